The predicted octanol–water partition coefficient (Wildman–Crippen LogP) is 2.30. The van der Waals surface area contributed by atoms with E-state index in [2.05, 4.69) is 11.6 Å². The zero-order valence-electron chi connectivity index (χ0n) is 14.4. The monoisotopic (exact) mass is 350 g/mol. The summed E-state index contributed by atoms with van der Waals surface area (Å²) in [7, 11) is 1.63. The number of ether oxygens (including phenoxy) is 1. The smallest absolute Gasteiger partial charge is 0.224 e. The van der Waals surface area contributed by atoms with Crippen molar-refractivity contribution in [2.24, 2.45) is 5.92 Å². The molecular weight excluding hydrogens is 324 g/mol. The second kappa shape index (κ2) is 9.57. The number of piperidine rings is 1. The normalized spacial score (nSPS) is 17.7. The first-order valence-electron chi connectivity index (χ1n) is 8.31. The van der Waals surface area contributed by atoms with Crippen LogP contribution < -0.4 is 10.1 Å². The van der Waals surface area contributed by atoms with Gasteiger partial charge in [-0.25, -0.2) is 0 Å². The maximum atomic E-state index is 12.3. The van der Waals surface area contributed by atoms with E-state index in [1.807, 2.05) is 24.3 Å². The van der Waals surface area contributed by atoms with Gasteiger partial charge in [0.25, 0.3) is 0 Å². The fourth-order valence-corrected chi connectivity index (χ4v) is 3.28. The quantitative estimate of drug-likeness (QED) is 0.731. The molecule has 6 heteroatoms. The van der Waals surface area contributed by atoms with Crippen molar-refractivity contribution in [3.05, 3.63) is 29.8 Å². The molecule has 1 aliphatic heterocycles. The van der Waals surface area contributed by atoms with Gasteiger partial charge in [-0.2, -0.15) is 11.8 Å². The van der Waals surface area contributed by atoms with E-state index in [1.165, 1.54) is 0 Å². The molecule has 132 valence electrons. The van der Waals surface area contributed by atoms with Gasteiger partial charge in [0.2, 0.25) is 11.8 Å². The summed E-state index contributed by atoms with van der Waals surface area (Å²) in [5, 5.41) is 2.99. The number of nitrogens with one attached hydrogen (secondary N) is 1. The van der Waals surface area contributed by atoms with E-state index in [9.17, 15) is 9.59 Å². The first-order chi connectivity index (χ1) is 11.6. The van der Waals surface area contributed by atoms with E-state index in [4.69, 9.17) is 4.74 Å². The van der Waals surface area contributed by atoms with Crippen LogP contribution in [0.5, 0.6) is 5.75 Å². The maximum Gasteiger partial charge on any atom is 0.224 e. The number of benzene rings is 1. The van der Waals surface area contributed by atoms with E-state index in [0.717, 1.165) is 23.5 Å². The van der Waals surface area contributed by atoms with Gasteiger partial charge in [-0.3, -0.25) is 9.59 Å². The third-order valence-electron chi connectivity index (χ3n) is 4.20. The van der Waals surface area contributed by atoms with Crippen LogP contribution in [-0.4, -0.2) is 48.9 Å². The zero-order valence-corrected chi connectivity index (χ0v) is 15.2. The van der Waals surface area contributed by atoms with Crippen LogP contribution in [0.2, 0.25) is 0 Å². The molecule has 1 atom stereocenters. The van der Waals surface area contributed by atoms with Crippen molar-refractivity contribution < 1.29 is 14.3 Å². The van der Waals surface area contributed by atoms with Crippen molar-refractivity contribution in [1.29, 1.82) is 0 Å². The maximum absolute atomic E-state index is 12.3. The summed E-state index contributed by atoms with van der Waals surface area (Å²) in [6.07, 6.45) is 4.12. The van der Waals surface area contributed by atoms with Crippen LogP contribution in [-0.2, 0) is 16.1 Å². The molecule has 1 fully saturated rings. The minimum Gasteiger partial charge on any atom is -0.497 e. The van der Waals surface area contributed by atoms with E-state index >= 15 is 0 Å². The topological polar surface area (TPSA) is 58.6 Å². The Morgan fingerprint density at radius 1 is 1.46 bits per heavy atom. The Balaban J connectivity index is 1.90. The number of hydrogen-bond donors (Lipinski definition) is 1. The fraction of sp³-hybridized carbons (Fsp3) is 0.556. The molecule has 0 unspecified atom stereocenters. The van der Waals surface area contributed by atoms with Crippen molar-refractivity contribution in [3.63, 3.8) is 0 Å². The summed E-state index contributed by atoms with van der Waals surface area (Å²) in [5.41, 5.74) is 1.02. The van der Waals surface area contributed by atoms with E-state index in [0.29, 0.717) is 32.5 Å². The van der Waals surface area contributed by atoms with Gasteiger partial charge in [0.1, 0.15) is 5.75 Å². The third-order valence-corrected chi connectivity index (χ3v) is 4.90. The Hall–Kier alpha value is -1.69. The van der Waals surface area contributed by atoms with Crippen molar-refractivity contribution >= 4 is 23.6 Å². The Kier molecular flexibility index (Phi) is 7.43. The Morgan fingerprint density at radius 3 is 3.04 bits per heavy atom. The highest BCUT2D eigenvalue weighted by atomic mass is 32.2. The Bertz CT molecular complexity index is 565. The summed E-state index contributed by atoms with van der Waals surface area (Å²) in [4.78, 5) is 26.3. The van der Waals surface area contributed by atoms with Gasteiger partial charge in [-0.15, -0.1) is 0 Å². The molecule has 1 N–H and O–H groups in total. The lowest BCUT2D eigenvalue weighted by Gasteiger charge is -2.32. The summed E-state index contributed by atoms with van der Waals surface area (Å²) >= 11 is 1.78. The van der Waals surface area contributed by atoms with Crippen LogP contribution >= 0.6 is 11.8 Å². The third kappa shape index (κ3) is 5.44. The van der Waals surface area contributed by atoms with Gasteiger partial charge in [-0.1, -0.05) is 12.1 Å². The molecule has 1 heterocycles. The summed E-state index contributed by atoms with van der Waals surface area (Å²) in [5.74, 6) is 1.90. The SMILES string of the molecule is COc1cccc(CN2C[C@@H](C(=O)NCCCSC)CCC2=O)c1. The van der Waals surface area contributed by atoms with Crippen molar-refractivity contribution in [3.8, 4) is 5.75 Å². The Labute approximate surface area is 148 Å². The van der Waals surface area contributed by atoms with Gasteiger partial charge in [0.05, 0.1) is 13.0 Å². The molecule has 1 aromatic rings. The lowest BCUT2D eigenvalue weighted by molar-refractivity contribution is -0.138. The largest absolute Gasteiger partial charge is 0.497 e. The van der Waals surface area contributed by atoms with Crippen molar-refractivity contribution in [2.75, 3.05) is 32.2 Å². The zero-order chi connectivity index (χ0) is 17.4. The number of carbonyl (C=O) groups is 2. The number of thioether (sulfide) groups is 1. The lowest BCUT2D eigenvalue weighted by atomic mass is 9.96. The first-order valence-corrected chi connectivity index (χ1v) is 9.70. The van der Waals surface area contributed by atoms with Gasteiger partial charge >= 0.3 is 0 Å². The number of amides is 2. The molecule has 2 amide bonds. The number of rotatable bonds is 8. The fourth-order valence-electron chi connectivity index (χ4n) is 2.85. The summed E-state index contributed by atoms with van der Waals surface area (Å²) in [6, 6.07) is 7.70. The van der Waals surface area contributed by atoms with Crippen LogP contribution in [0.3, 0.4) is 0 Å². The van der Waals surface area contributed by atoms with Gasteiger partial charge in [0.15, 0.2) is 0 Å². The standard InChI is InChI=1S/C18H26N2O3S/c1-23-16-6-3-5-14(11-16)12-20-13-15(7-8-17(20)21)18(22)19-9-4-10-24-2/h3,5-6,11,15H,4,7-10,12-13H2,1-2H3,(H,19,22)/t15-/m0/s1. The summed E-state index contributed by atoms with van der Waals surface area (Å²) < 4.78 is 5.23. The molecule has 1 aromatic carbocycles. The van der Waals surface area contributed by atoms with Crippen molar-refractivity contribution in [1.82, 2.24) is 10.2 Å². The highest BCUT2D eigenvalue weighted by Gasteiger charge is 2.30. The minimum absolute atomic E-state index is 0.0687. The van der Waals surface area contributed by atoms with Gasteiger partial charge in [-0.05, 0) is 42.5 Å². The molecule has 1 aliphatic rings. The molecule has 0 saturated carbocycles. The lowest BCUT2D eigenvalue weighted by Crippen LogP contribution is -2.45. The van der Waals surface area contributed by atoms with Gasteiger partial charge < -0.3 is 15.0 Å². The number of likely N-dealkylation sites (tertiary alicyclic amines) is 1. The molecule has 24 heavy (non-hydrogen) atoms. The first kappa shape index (κ1) is 18.6. The number of methoxy groups -OCH3 is 1. The predicted molar refractivity (Wildman–Crippen MR) is 97.1 cm³/mol. The number of carbonyl (C=O) groups excluding carboxylic acids is 2. The van der Waals surface area contributed by atoms with E-state index in [-0.39, 0.29) is 17.7 Å². The van der Waals surface area contributed by atoms with Crippen LogP contribution in [0.15, 0.2) is 24.3 Å². The van der Waals surface area contributed by atoms with E-state index < -0.39 is 0 Å². The molecule has 5 nitrogen and oxygen atoms in total. The molecule has 1 saturated heterocycles. The Morgan fingerprint density at radius 2 is 2.29 bits per heavy atom. The molecule has 0 aliphatic carbocycles. The average molecular weight is 350 g/mol. The van der Waals surface area contributed by atoms with Gasteiger partial charge in [0, 0.05) is 26.1 Å². The minimum atomic E-state index is -0.109. The van der Waals surface area contributed by atoms with Crippen LogP contribution in [0.25, 0.3) is 0 Å². The van der Waals surface area contributed by atoms with Crippen molar-refractivity contribution in [2.45, 2.75) is 25.8 Å². The van der Waals surface area contributed by atoms with Crippen LogP contribution in [0, 0.1) is 5.92 Å². The molecule has 0 bridgehead atoms. The molecule has 0 radical (unpaired) electrons. The molecule has 0 spiro atoms. The second-order valence-electron chi connectivity index (χ2n) is 6.00. The summed E-state index contributed by atoms with van der Waals surface area (Å²) in [6.45, 7) is 1.72. The highest BCUT2D eigenvalue weighted by Crippen LogP contribution is 2.21. The van der Waals surface area contributed by atoms with E-state index in [1.54, 1.807) is 23.8 Å². The number of nitrogens with zero attached hydrogens (tertiary/aromatic N) is 1. The second-order valence-corrected chi connectivity index (χ2v) is 6.98. The highest BCUT2D eigenvalue weighted by molar-refractivity contribution is 7.98. The molecular formula is C18H26N2O3S. The number of hydrogen-bond acceptors (Lipinski definition) is 4. The van der Waals surface area contributed by atoms with Crippen LogP contribution in [0.1, 0.15) is 24.8 Å². The molecule has 0 aromatic heterocycles. The van der Waals surface area contributed by atoms with Crippen LogP contribution in [0.4, 0.5) is 0 Å². The average Bonchev–Trinajstić information content (AvgIpc) is 2.60. The molecule has 2 rings (SSSR count).